The fourth-order valence-corrected chi connectivity index (χ4v) is 1.90. The van der Waals surface area contributed by atoms with Crippen molar-refractivity contribution in [3.63, 3.8) is 0 Å². The molecule has 2 aromatic rings. The molecule has 0 aliphatic rings. The summed E-state index contributed by atoms with van der Waals surface area (Å²) >= 11 is 0. The van der Waals surface area contributed by atoms with Gasteiger partial charge in [-0.15, -0.1) is 0 Å². The van der Waals surface area contributed by atoms with Crippen LogP contribution in [0.3, 0.4) is 0 Å². The Morgan fingerprint density at radius 2 is 1.71 bits per heavy atom. The van der Waals surface area contributed by atoms with Gasteiger partial charge in [0.15, 0.2) is 0 Å². The summed E-state index contributed by atoms with van der Waals surface area (Å²) in [6.45, 7) is 1.91. The molecule has 0 bridgehead atoms. The molecular weight excluding hydrogens is 262 g/mol. The molecule has 3 nitrogen and oxygen atoms in total. The van der Waals surface area contributed by atoms with E-state index >= 15 is 0 Å². The maximum Gasteiger partial charge on any atom is 0.337 e. The summed E-state index contributed by atoms with van der Waals surface area (Å²) in [6, 6.07) is 15.1. The van der Waals surface area contributed by atoms with E-state index < -0.39 is 0 Å². The number of rotatable bonds is 3. The lowest BCUT2D eigenvalue weighted by atomic mass is 10.0. The Bertz CT molecular complexity index is 722. The van der Waals surface area contributed by atoms with E-state index in [9.17, 15) is 4.79 Å². The second-order valence-corrected chi connectivity index (χ2v) is 4.63. The molecule has 2 aromatic carbocycles. The summed E-state index contributed by atoms with van der Waals surface area (Å²) in [5.74, 6) is -0.345. The van der Waals surface area contributed by atoms with E-state index in [-0.39, 0.29) is 5.97 Å². The van der Waals surface area contributed by atoms with Crippen molar-refractivity contribution in [2.45, 2.75) is 6.92 Å². The van der Waals surface area contributed by atoms with Gasteiger partial charge in [-0.2, -0.15) is 5.26 Å². The van der Waals surface area contributed by atoms with Gasteiger partial charge < -0.3 is 4.74 Å². The zero-order valence-corrected chi connectivity index (χ0v) is 12.0. The van der Waals surface area contributed by atoms with Crippen LogP contribution in [-0.4, -0.2) is 13.1 Å². The third-order valence-electron chi connectivity index (χ3n) is 3.18. The quantitative estimate of drug-likeness (QED) is 0.633. The van der Waals surface area contributed by atoms with Gasteiger partial charge in [0.05, 0.1) is 24.3 Å². The first-order valence-electron chi connectivity index (χ1n) is 6.51. The molecule has 0 radical (unpaired) electrons. The number of carbonyl (C=O) groups is 1. The van der Waals surface area contributed by atoms with Crippen LogP contribution < -0.4 is 0 Å². The highest BCUT2D eigenvalue weighted by Crippen LogP contribution is 2.14. The number of nitriles is 1. The van der Waals surface area contributed by atoms with E-state index in [1.165, 1.54) is 7.11 Å². The number of hydrogen-bond donors (Lipinski definition) is 0. The first kappa shape index (κ1) is 14.5. The average molecular weight is 277 g/mol. The lowest BCUT2D eigenvalue weighted by Gasteiger charge is -2.00. The number of methoxy groups -OCH3 is 1. The Morgan fingerprint density at radius 1 is 1.10 bits per heavy atom. The van der Waals surface area contributed by atoms with Crippen LogP contribution >= 0.6 is 0 Å². The highest BCUT2D eigenvalue weighted by molar-refractivity contribution is 5.89. The molecule has 0 N–H and O–H groups in total. The Kier molecular flexibility index (Phi) is 4.53. The van der Waals surface area contributed by atoms with Crippen molar-refractivity contribution in [2.75, 3.05) is 7.11 Å². The van der Waals surface area contributed by atoms with Crippen molar-refractivity contribution < 1.29 is 9.53 Å². The van der Waals surface area contributed by atoms with E-state index in [0.717, 1.165) is 16.7 Å². The SMILES string of the molecule is COC(=O)c1ccc(C=Cc2ccc(C)c(C#N)c2)cc1. The first-order chi connectivity index (χ1) is 10.1. The number of ether oxygens (including phenoxy) is 1. The molecule has 0 aromatic heterocycles. The van der Waals surface area contributed by atoms with E-state index in [1.54, 1.807) is 12.1 Å². The summed E-state index contributed by atoms with van der Waals surface area (Å²) in [5.41, 5.74) is 4.11. The zero-order valence-electron chi connectivity index (χ0n) is 12.0. The minimum absolute atomic E-state index is 0.345. The highest BCUT2D eigenvalue weighted by Gasteiger charge is 2.03. The molecule has 0 amide bonds. The number of carbonyl (C=O) groups excluding carboxylic acids is 1. The lowest BCUT2D eigenvalue weighted by Crippen LogP contribution is -2.00. The average Bonchev–Trinajstić information content (AvgIpc) is 2.53. The van der Waals surface area contributed by atoms with Crippen molar-refractivity contribution in [2.24, 2.45) is 0 Å². The molecule has 0 fully saturated rings. The number of nitrogens with zero attached hydrogens (tertiary/aromatic N) is 1. The van der Waals surface area contributed by atoms with Crippen LogP contribution in [0.1, 0.15) is 32.6 Å². The van der Waals surface area contributed by atoms with Gasteiger partial charge in [-0.05, 0) is 41.8 Å². The monoisotopic (exact) mass is 277 g/mol. The molecule has 0 aliphatic carbocycles. The van der Waals surface area contributed by atoms with Crippen LogP contribution in [-0.2, 0) is 4.74 Å². The molecular formula is C18H15NO2. The normalized spacial score (nSPS) is 10.3. The predicted octanol–water partition coefficient (Wildman–Crippen LogP) is 3.82. The minimum Gasteiger partial charge on any atom is -0.465 e. The van der Waals surface area contributed by atoms with E-state index in [1.807, 2.05) is 49.4 Å². The Labute approximate surface area is 124 Å². The van der Waals surface area contributed by atoms with Crippen LogP contribution in [0.2, 0.25) is 0 Å². The van der Waals surface area contributed by atoms with E-state index in [0.29, 0.717) is 11.1 Å². The first-order valence-corrected chi connectivity index (χ1v) is 6.51. The van der Waals surface area contributed by atoms with Gasteiger partial charge in [-0.1, -0.05) is 36.4 Å². The highest BCUT2D eigenvalue weighted by atomic mass is 16.5. The fourth-order valence-electron chi connectivity index (χ4n) is 1.90. The smallest absolute Gasteiger partial charge is 0.337 e. The van der Waals surface area contributed by atoms with Crippen molar-refractivity contribution in [1.29, 1.82) is 5.26 Å². The largest absolute Gasteiger partial charge is 0.465 e. The van der Waals surface area contributed by atoms with E-state index in [4.69, 9.17) is 5.26 Å². The standard InChI is InChI=1S/C18H15NO2/c1-13-3-4-15(11-17(13)12-19)6-5-14-7-9-16(10-8-14)18(20)21-2/h3-11H,1-2H3. The third kappa shape index (κ3) is 3.58. The van der Waals surface area contributed by atoms with Gasteiger partial charge in [0.25, 0.3) is 0 Å². The molecule has 0 unspecified atom stereocenters. The number of benzene rings is 2. The van der Waals surface area contributed by atoms with Crippen LogP contribution in [0.15, 0.2) is 42.5 Å². The summed E-state index contributed by atoms with van der Waals surface area (Å²) in [4.78, 5) is 11.3. The summed E-state index contributed by atoms with van der Waals surface area (Å²) in [7, 11) is 1.36. The summed E-state index contributed by atoms with van der Waals surface area (Å²) in [5, 5.41) is 9.02. The van der Waals surface area contributed by atoms with Gasteiger partial charge in [0, 0.05) is 0 Å². The Balaban J connectivity index is 2.18. The third-order valence-corrected chi connectivity index (χ3v) is 3.18. The van der Waals surface area contributed by atoms with Crippen molar-refractivity contribution >= 4 is 18.1 Å². The molecule has 0 heterocycles. The van der Waals surface area contributed by atoms with Crippen LogP contribution in [0, 0.1) is 18.3 Å². The van der Waals surface area contributed by atoms with E-state index in [2.05, 4.69) is 10.8 Å². The van der Waals surface area contributed by atoms with Crippen molar-refractivity contribution in [1.82, 2.24) is 0 Å². The van der Waals surface area contributed by atoms with Gasteiger partial charge in [0.2, 0.25) is 0 Å². The minimum atomic E-state index is -0.345. The molecule has 0 atom stereocenters. The maximum atomic E-state index is 11.3. The van der Waals surface area contributed by atoms with Gasteiger partial charge >= 0.3 is 5.97 Å². The fraction of sp³-hybridized carbons (Fsp3) is 0.111. The zero-order chi connectivity index (χ0) is 15.2. The number of esters is 1. The van der Waals surface area contributed by atoms with Gasteiger partial charge in [-0.3, -0.25) is 0 Å². The topological polar surface area (TPSA) is 50.1 Å². The number of aryl methyl sites for hydroxylation is 1. The number of hydrogen-bond acceptors (Lipinski definition) is 3. The molecule has 3 heteroatoms. The molecule has 104 valence electrons. The molecule has 0 saturated carbocycles. The summed E-state index contributed by atoms with van der Waals surface area (Å²) < 4.78 is 4.65. The molecule has 0 spiro atoms. The lowest BCUT2D eigenvalue weighted by molar-refractivity contribution is 0.0601. The second-order valence-electron chi connectivity index (χ2n) is 4.63. The maximum absolute atomic E-state index is 11.3. The van der Waals surface area contributed by atoms with Crippen LogP contribution in [0.5, 0.6) is 0 Å². The Morgan fingerprint density at radius 3 is 2.33 bits per heavy atom. The second kappa shape index (κ2) is 6.53. The molecule has 0 aliphatic heterocycles. The van der Waals surface area contributed by atoms with Crippen LogP contribution in [0.4, 0.5) is 0 Å². The van der Waals surface area contributed by atoms with Crippen molar-refractivity contribution in [3.05, 3.63) is 70.3 Å². The van der Waals surface area contributed by atoms with Crippen LogP contribution in [0.25, 0.3) is 12.2 Å². The Hall–Kier alpha value is -2.86. The molecule has 21 heavy (non-hydrogen) atoms. The predicted molar refractivity (Wildman–Crippen MR) is 82.6 cm³/mol. The van der Waals surface area contributed by atoms with Gasteiger partial charge in [0.1, 0.15) is 0 Å². The molecule has 0 saturated heterocycles. The summed E-state index contributed by atoms with van der Waals surface area (Å²) in [6.07, 6.45) is 3.88. The van der Waals surface area contributed by atoms with Crippen molar-refractivity contribution in [3.8, 4) is 6.07 Å². The molecule has 2 rings (SSSR count). The van der Waals surface area contributed by atoms with Gasteiger partial charge in [-0.25, -0.2) is 4.79 Å².